The number of aromatic nitrogens is 1. The average molecular weight is 294 g/mol. The van der Waals surface area contributed by atoms with Crippen LogP contribution in [0.4, 0.5) is 5.69 Å². The molecule has 0 aliphatic rings. The fourth-order valence-corrected chi connectivity index (χ4v) is 2.22. The van der Waals surface area contributed by atoms with Crippen molar-refractivity contribution in [3.63, 3.8) is 0 Å². The SMILES string of the molecule is CCN(CC)C(=O)CCNC(=O)c1cc(N)cn1C(C)C. The zero-order valence-corrected chi connectivity index (χ0v) is 13.3. The molecule has 6 nitrogen and oxygen atoms in total. The van der Waals surface area contributed by atoms with Gasteiger partial charge in [0, 0.05) is 38.3 Å². The van der Waals surface area contributed by atoms with E-state index in [1.54, 1.807) is 17.2 Å². The Labute approximate surface area is 126 Å². The molecule has 0 saturated carbocycles. The van der Waals surface area contributed by atoms with Crippen LogP contribution in [0.2, 0.25) is 0 Å². The van der Waals surface area contributed by atoms with Gasteiger partial charge in [0.1, 0.15) is 5.69 Å². The predicted molar refractivity (Wildman–Crippen MR) is 84.1 cm³/mol. The lowest BCUT2D eigenvalue weighted by molar-refractivity contribution is -0.130. The van der Waals surface area contributed by atoms with Gasteiger partial charge in [-0.05, 0) is 33.8 Å². The molecule has 2 amide bonds. The molecule has 0 radical (unpaired) electrons. The summed E-state index contributed by atoms with van der Waals surface area (Å²) in [6, 6.07) is 1.81. The predicted octanol–water partition coefficient (Wildman–Crippen LogP) is 1.64. The van der Waals surface area contributed by atoms with Gasteiger partial charge in [0.05, 0.1) is 5.69 Å². The third kappa shape index (κ3) is 4.51. The van der Waals surface area contributed by atoms with E-state index in [1.165, 1.54) is 0 Å². The van der Waals surface area contributed by atoms with Crippen molar-refractivity contribution in [1.82, 2.24) is 14.8 Å². The first-order valence-corrected chi connectivity index (χ1v) is 7.44. The fourth-order valence-electron chi connectivity index (χ4n) is 2.22. The Kier molecular flexibility index (Phi) is 6.27. The lowest BCUT2D eigenvalue weighted by Crippen LogP contribution is -2.34. The minimum Gasteiger partial charge on any atom is -0.397 e. The third-order valence-corrected chi connectivity index (χ3v) is 3.40. The van der Waals surface area contributed by atoms with Crippen LogP contribution in [0.25, 0.3) is 0 Å². The van der Waals surface area contributed by atoms with E-state index in [0.29, 0.717) is 37.4 Å². The van der Waals surface area contributed by atoms with E-state index < -0.39 is 0 Å². The first-order valence-electron chi connectivity index (χ1n) is 7.44. The number of nitrogen functional groups attached to an aromatic ring is 1. The van der Waals surface area contributed by atoms with Gasteiger partial charge in [0.15, 0.2) is 0 Å². The van der Waals surface area contributed by atoms with E-state index in [1.807, 2.05) is 32.3 Å². The van der Waals surface area contributed by atoms with Crippen molar-refractivity contribution >= 4 is 17.5 Å². The summed E-state index contributed by atoms with van der Waals surface area (Å²) in [4.78, 5) is 25.8. The highest BCUT2D eigenvalue weighted by molar-refractivity contribution is 5.94. The van der Waals surface area contributed by atoms with E-state index >= 15 is 0 Å². The smallest absolute Gasteiger partial charge is 0.268 e. The van der Waals surface area contributed by atoms with Crippen molar-refractivity contribution in [3.05, 3.63) is 18.0 Å². The van der Waals surface area contributed by atoms with Crippen molar-refractivity contribution < 1.29 is 9.59 Å². The Morgan fingerprint density at radius 1 is 1.33 bits per heavy atom. The quantitative estimate of drug-likeness (QED) is 0.802. The monoisotopic (exact) mass is 294 g/mol. The molecule has 3 N–H and O–H groups in total. The van der Waals surface area contributed by atoms with Gasteiger partial charge in [-0.15, -0.1) is 0 Å². The fraction of sp³-hybridized carbons (Fsp3) is 0.600. The molecule has 0 spiro atoms. The second-order valence-electron chi connectivity index (χ2n) is 5.23. The van der Waals surface area contributed by atoms with E-state index in [2.05, 4.69) is 5.32 Å². The zero-order chi connectivity index (χ0) is 16.0. The molecule has 0 aliphatic carbocycles. The number of anilines is 1. The maximum atomic E-state index is 12.2. The minimum atomic E-state index is -0.201. The molecule has 1 aromatic heterocycles. The summed E-state index contributed by atoms with van der Waals surface area (Å²) in [5.41, 5.74) is 6.83. The second-order valence-corrected chi connectivity index (χ2v) is 5.23. The van der Waals surface area contributed by atoms with Gasteiger partial charge >= 0.3 is 0 Å². The maximum Gasteiger partial charge on any atom is 0.268 e. The van der Waals surface area contributed by atoms with Gasteiger partial charge in [0.25, 0.3) is 5.91 Å². The number of amides is 2. The Hall–Kier alpha value is -1.98. The molecule has 1 aromatic rings. The lowest BCUT2D eigenvalue weighted by Gasteiger charge is -2.18. The van der Waals surface area contributed by atoms with Crippen molar-refractivity contribution in [2.24, 2.45) is 0 Å². The molecule has 1 heterocycles. The first-order chi connectivity index (χ1) is 9.90. The van der Waals surface area contributed by atoms with Crippen molar-refractivity contribution in [2.45, 2.75) is 40.2 Å². The van der Waals surface area contributed by atoms with Gasteiger partial charge < -0.3 is 20.5 Å². The van der Waals surface area contributed by atoms with Gasteiger partial charge in [-0.25, -0.2) is 0 Å². The largest absolute Gasteiger partial charge is 0.397 e. The summed E-state index contributed by atoms with van der Waals surface area (Å²) in [6.07, 6.45) is 2.06. The van der Waals surface area contributed by atoms with E-state index in [4.69, 9.17) is 5.73 Å². The first kappa shape index (κ1) is 17.1. The molecule has 6 heteroatoms. The zero-order valence-electron chi connectivity index (χ0n) is 13.3. The van der Waals surface area contributed by atoms with Crippen LogP contribution >= 0.6 is 0 Å². The number of nitrogens with zero attached hydrogens (tertiary/aromatic N) is 2. The van der Waals surface area contributed by atoms with Gasteiger partial charge in [0.2, 0.25) is 5.91 Å². The summed E-state index contributed by atoms with van der Waals surface area (Å²) >= 11 is 0. The van der Waals surface area contributed by atoms with E-state index in [-0.39, 0.29) is 17.9 Å². The van der Waals surface area contributed by atoms with Crippen LogP contribution in [-0.2, 0) is 4.79 Å². The average Bonchev–Trinajstić information content (AvgIpc) is 2.82. The molecule has 0 aromatic carbocycles. The van der Waals surface area contributed by atoms with Gasteiger partial charge in [-0.3, -0.25) is 9.59 Å². The van der Waals surface area contributed by atoms with Gasteiger partial charge in [-0.1, -0.05) is 0 Å². The maximum absolute atomic E-state index is 12.2. The lowest BCUT2D eigenvalue weighted by atomic mass is 10.3. The normalized spacial score (nSPS) is 10.7. The van der Waals surface area contributed by atoms with Crippen LogP contribution < -0.4 is 11.1 Å². The topological polar surface area (TPSA) is 80.4 Å². The van der Waals surface area contributed by atoms with Crippen LogP contribution in [-0.4, -0.2) is 40.9 Å². The molecule has 0 atom stereocenters. The highest BCUT2D eigenvalue weighted by Crippen LogP contribution is 2.16. The molecule has 118 valence electrons. The Morgan fingerprint density at radius 2 is 1.95 bits per heavy atom. The molecule has 0 saturated heterocycles. The number of hydrogen-bond acceptors (Lipinski definition) is 3. The van der Waals surface area contributed by atoms with Gasteiger partial charge in [-0.2, -0.15) is 0 Å². The van der Waals surface area contributed by atoms with Crippen LogP contribution in [0.3, 0.4) is 0 Å². The van der Waals surface area contributed by atoms with Crippen LogP contribution in [0.1, 0.15) is 50.6 Å². The molecule has 0 unspecified atom stereocenters. The number of rotatable bonds is 7. The number of nitrogens with two attached hydrogens (primary N) is 1. The summed E-state index contributed by atoms with van der Waals surface area (Å²) in [5, 5.41) is 2.78. The summed E-state index contributed by atoms with van der Waals surface area (Å²) in [5.74, 6) is -0.146. The molecule has 0 fully saturated rings. The van der Waals surface area contributed by atoms with Crippen molar-refractivity contribution in [3.8, 4) is 0 Å². The van der Waals surface area contributed by atoms with Crippen LogP contribution in [0.5, 0.6) is 0 Å². The van der Waals surface area contributed by atoms with Crippen molar-refractivity contribution in [1.29, 1.82) is 0 Å². The highest BCUT2D eigenvalue weighted by atomic mass is 16.2. The third-order valence-electron chi connectivity index (χ3n) is 3.40. The Bertz CT molecular complexity index is 490. The Morgan fingerprint density at radius 3 is 2.48 bits per heavy atom. The summed E-state index contributed by atoms with van der Waals surface area (Å²) < 4.78 is 1.83. The Balaban J connectivity index is 2.57. The molecular formula is C15H26N4O2. The minimum absolute atomic E-state index is 0.0547. The standard InChI is InChI=1S/C15H26N4O2/c1-5-18(6-2)14(20)7-8-17-15(21)13-9-12(16)10-19(13)11(3)4/h9-11H,5-8,16H2,1-4H3,(H,17,21). The second kappa shape index (κ2) is 7.71. The van der Waals surface area contributed by atoms with Crippen LogP contribution in [0, 0.1) is 0 Å². The number of hydrogen-bond donors (Lipinski definition) is 2. The van der Waals surface area contributed by atoms with E-state index in [9.17, 15) is 9.59 Å². The molecule has 21 heavy (non-hydrogen) atoms. The number of nitrogens with one attached hydrogen (secondary N) is 1. The van der Waals surface area contributed by atoms with Crippen LogP contribution in [0.15, 0.2) is 12.3 Å². The highest BCUT2D eigenvalue weighted by Gasteiger charge is 2.15. The van der Waals surface area contributed by atoms with E-state index in [0.717, 1.165) is 0 Å². The number of carbonyl (C=O) groups is 2. The van der Waals surface area contributed by atoms with Crippen molar-refractivity contribution in [2.75, 3.05) is 25.4 Å². The molecule has 0 bridgehead atoms. The summed E-state index contributed by atoms with van der Waals surface area (Å²) in [6.45, 7) is 9.57. The molecular weight excluding hydrogens is 268 g/mol. The summed E-state index contributed by atoms with van der Waals surface area (Å²) in [7, 11) is 0. The number of carbonyl (C=O) groups excluding carboxylic acids is 2. The molecule has 1 rings (SSSR count). The molecule has 0 aliphatic heterocycles.